The van der Waals surface area contributed by atoms with Gasteiger partial charge in [-0.15, -0.1) is 0 Å². The van der Waals surface area contributed by atoms with Crippen molar-refractivity contribution >= 4 is 11.6 Å². The van der Waals surface area contributed by atoms with Crippen molar-refractivity contribution in [3.63, 3.8) is 0 Å². The van der Waals surface area contributed by atoms with Gasteiger partial charge < -0.3 is 19.9 Å². The van der Waals surface area contributed by atoms with Crippen LogP contribution >= 0.6 is 0 Å². The number of aryl methyl sites for hydroxylation is 1. The molecule has 1 aliphatic rings. The lowest BCUT2D eigenvalue weighted by atomic mass is 10.0. The summed E-state index contributed by atoms with van der Waals surface area (Å²) < 4.78 is 7.58. The first-order valence-corrected chi connectivity index (χ1v) is 7.39. The maximum absolute atomic E-state index is 10.9. The van der Waals surface area contributed by atoms with Crippen LogP contribution in [0.3, 0.4) is 0 Å². The summed E-state index contributed by atoms with van der Waals surface area (Å²) in [6, 6.07) is 5.94. The highest BCUT2D eigenvalue weighted by Gasteiger charge is 2.21. The second-order valence-corrected chi connectivity index (χ2v) is 5.49. The highest BCUT2D eigenvalue weighted by molar-refractivity contribution is 5.75. The first kappa shape index (κ1) is 14.4. The quantitative estimate of drug-likeness (QED) is 0.901. The van der Waals surface area contributed by atoms with Crippen LogP contribution in [-0.4, -0.2) is 28.6 Å². The number of ether oxygens (including phenoxy) is 1. The van der Waals surface area contributed by atoms with Crippen LogP contribution in [0.5, 0.6) is 5.75 Å². The third-order valence-electron chi connectivity index (χ3n) is 3.93. The molecule has 0 fully saturated rings. The average Bonchev–Trinajstić information content (AvgIpc) is 2.90. The number of nitrogens with two attached hydrogens (primary N) is 1. The monoisotopic (exact) mass is 300 g/mol. The number of hydrogen-bond donors (Lipinski definition) is 1. The zero-order valence-electron chi connectivity index (χ0n) is 12.7. The van der Waals surface area contributed by atoms with Crippen molar-refractivity contribution in [1.82, 2.24) is 9.55 Å². The Labute approximate surface area is 129 Å². The lowest BCUT2D eigenvalue weighted by molar-refractivity contribution is -0.119. The van der Waals surface area contributed by atoms with E-state index in [1.807, 2.05) is 36.1 Å². The van der Waals surface area contributed by atoms with Gasteiger partial charge in [0.15, 0.2) is 6.61 Å². The molecule has 1 aromatic heterocycles. The summed E-state index contributed by atoms with van der Waals surface area (Å²) in [5.74, 6) is 1.32. The van der Waals surface area contributed by atoms with Crippen molar-refractivity contribution in [2.24, 2.45) is 12.8 Å². The molecule has 2 aromatic rings. The molecule has 22 heavy (non-hydrogen) atoms. The molecular formula is C16H20N4O2. The fourth-order valence-electron chi connectivity index (χ4n) is 2.84. The Balaban J connectivity index is 1.85. The number of hydrogen-bond acceptors (Lipinski definition) is 4. The van der Waals surface area contributed by atoms with Gasteiger partial charge in [0, 0.05) is 37.2 Å². The van der Waals surface area contributed by atoms with E-state index < -0.39 is 5.91 Å². The van der Waals surface area contributed by atoms with Gasteiger partial charge in [-0.2, -0.15) is 0 Å². The van der Waals surface area contributed by atoms with Crippen molar-refractivity contribution in [1.29, 1.82) is 0 Å². The van der Waals surface area contributed by atoms with Crippen molar-refractivity contribution in [3.8, 4) is 5.75 Å². The Hall–Kier alpha value is -2.50. The Morgan fingerprint density at radius 2 is 2.32 bits per heavy atom. The van der Waals surface area contributed by atoms with E-state index >= 15 is 0 Å². The summed E-state index contributed by atoms with van der Waals surface area (Å²) in [6.07, 6.45) is 5.76. The minimum absolute atomic E-state index is 0.0875. The predicted octanol–water partition coefficient (Wildman–Crippen LogP) is 1.24. The van der Waals surface area contributed by atoms with Gasteiger partial charge in [0.2, 0.25) is 0 Å². The Morgan fingerprint density at radius 1 is 1.45 bits per heavy atom. The molecule has 0 atom stereocenters. The summed E-state index contributed by atoms with van der Waals surface area (Å²) in [5.41, 5.74) is 7.46. The number of imidazole rings is 1. The molecule has 0 saturated carbocycles. The molecule has 1 aromatic carbocycles. The van der Waals surface area contributed by atoms with Crippen LogP contribution in [0.2, 0.25) is 0 Å². The van der Waals surface area contributed by atoms with Gasteiger partial charge in [0.25, 0.3) is 5.91 Å². The normalized spacial score (nSPS) is 13.8. The summed E-state index contributed by atoms with van der Waals surface area (Å²) in [5, 5.41) is 0. The van der Waals surface area contributed by atoms with Crippen LogP contribution in [0.1, 0.15) is 17.8 Å². The van der Waals surface area contributed by atoms with Crippen molar-refractivity contribution in [2.45, 2.75) is 19.4 Å². The molecule has 0 aliphatic carbocycles. The van der Waals surface area contributed by atoms with Crippen molar-refractivity contribution < 1.29 is 9.53 Å². The van der Waals surface area contributed by atoms with E-state index in [-0.39, 0.29) is 6.61 Å². The number of rotatable bonds is 5. The number of benzene rings is 1. The Kier molecular flexibility index (Phi) is 4.00. The van der Waals surface area contributed by atoms with Gasteiger partial charge in [-0.05, 0) is 25.0 Å². The summed E-state index contributed by atoms with van der Waals surface area (Å²) in [7, 11) is 2.00. The lowest BCUT2D eigenvalue weighted by Gasteiger charge is -2.32. The lowest BCUT2D eigenvalue weighted by Crippen LogP contribution is -2.30. The third-order valence-corrected chi connectivity index (χ3v) is 3.93. The summed E-state index contributed by atoms with van der Waals surface area (Å²) >= 11 is 0. The minimum Gasteiger partial charge on any atom is -0.483 e. The highest BCUT2D eigenvalue weighted by atomic mass is 16.5. The third kappa shape index (κ3) is 2.90. The first-order chi connectivity index (χ1) is 10.6. The van der Waals surface area contributed by atoms with E-state index in [4.69, 9.17) is 10.5 Å². The second-order valence-electron chi connectivity index (χ2n) is 5.49. The molecule has 0 radical (unpaired) electrons. The van der Waals surface area contributed by atoms with E-state index in [0.717, 1.165) is 48.8 Å². The molecule has 2 heterocycles. The van der Waals surface area contributed by atoms with Crippen LogP contribution in [0.4, 0.5) is 5.69 Å². The van der Waals surface area contributed by atoms with Crippen LogP contribution in [0.25, 0.3) is 0 Å². The molecule has 2 N–H and O–H groups in total. The first-order valence-electron chi connectivity index (χ1n) is 7.39. The van der Waals surface area contributed by atoms with E-state index in [2.05, 4.69) is 16.0 Å². The standard InChI is InChI=1S/C16H20N4O2/c1-19-9-7-18-16(19)10-20-8-3-4-12-13(20)5-2-6-14(12)22-11-15(17)21/h2,5-7,9H,3-4,8,10-11H2,1H3,(H2,17,21). The van der Waals surface area contributed by atoms with Crippen molar-refractivity contribution in [3.05, 3.63) is 42.0 Å². The van der Waals surface area contributed by atoms with Crippen LogP contribution < -0.4 is 15.4 Å². The van der Waals surface area contributed by atoms with Gasteiger partial charge in [0.05, 0.1) is 6.54 Å². The number of amides is 1. The van der Waals surface area contributed by atoms with E-state index in [1.54, 1.807) is 0 Å². The molecule has 1 amide bonds. The van der Waals surface area contributed by atoms with Gasteiger partial charge in [-0.25, -0.2) is 4.98 Å². The molecule has 0 unspecified atom stereocenters. The molecular weight excluding hydrogens is 280 g/mol. The van der Waals surface area contributed by atoms with Gasteiger partial charge in [-0.1, -0.05) is 6.07 Å². The number of nitrogens with zero attached hydrogens (tertiary/aromatic N) is 3. The average molecular weight is 300 g/mol. The number of fused-ring (bicyclic) bond motifs is 1. The number of aromatic nitrogens is 2. The zero-order valence-corrected chi connectivity index (χ0v) is 12.7. The Morgan fingerprint density at radius 3 is 3.05 bits per heavy atom. The SMILES string of the molecule is Cn1ccnc1CN1CCCc2c(OCC(N)=O)cccc21. The molecule has 3 rings (SSSR count). The van der Waals surface area contributed by atoms with Gasteiger partial charge in [0.1, 0.15) is 11.6 Å². The smallest absolute Gasteiger partial charge is 0.255 e. The molecule has 116 valence electrons. The summed E-state index contributed by atoms with van der Waals surface area (Å²) in [4.78, 5) is 17.6. The van der Waals surface area contributed by atoms with Crippen LogP contribution in [0.15, 0.2) is 30.6 Å². The molecule has 6 nitrogen and oxygen atoms in total. The van der Waals surface area contributed by atoms with Crippen LogP contribution in [-0.2, 0) is 24.8 Å². The molecule has 0 saturated heterocycles. The second kappa shape index (κ2) is 6.09. The van der Waals surface area contributed by atoms with Gasteiger partial charge in [-0.3, -0.25) is 4.79 Å². The number of primary amides is 1. The number of carbonyl (C=O) groups is 1. The van der Waals surface area contributed by atoms with E-state index in [0.29, 0.717) is 0 Å². The van der Waals surface area contributed by atoms with Gasteiger partial charge >= 0.3 is 0 Å². The summed E-state index contributed by atoms with van der Waals surface area (Å²) in [6.45, 7) is 1.66. The fraction of sp³-hybridized carbons (Fsp3) is 0.375. The number of anilines is 1. The molecule has 1 aliphatic heterocycles. The maximum Gasteiger partial charge on any atom is 0.255 e. The van der Waals surface area contributed by atoms with Crippen LogP contribution in [0, 0.1) is 0 Å². The zero-order chi connectivity index (χ0) is 15.5. The van der Waals surface area contributed by atoms with E-state index in [1.165, 1.54) is 0 Å². The molecule has 0 spiro atoms. The largest absolute Gasteiger partial charge is 0.483 e. The van der Waals surface area contributed by atoms with Crippen molar-refractivity contribution in [2.75, 3.05) is 18.1 Å². The maximum atomic E-state index is 10.9. The fourth-order valence-corrected chi connectivity index (χ4v) is 2.84. The molecule has 0 bridgehead atoms. The van der Waals surface area contributed by atoms with E-state index in [9.17, 15) is 4.79 Å². The number of carbonyl (C=O) groups excluding carboxylic acids is 1. The highest BCUT2D eigenvalue weighted by Crippen LogP contribution is 2.34. The minimum atomic E-state index is -0.460. The Bertz CT molecular complexity index is 681. The molecule has 6 heteroatoms. The predicted molar refractivity (Wildman–Crippen MR) is 83.7 cm³/mol. The topological polar surface area (TPSA) is 73.4 Å².